The summed E-state index contributed by atoms with van der Waals surface area (Å²) in [5.74, 6) is -0.213. The highest BCUT2D eigenvalue weighted by molar-refractivity contribution is 7.17. The van der Waals surface area contributed by atoms with Gasteiger partial charge in [-0.25, -0.2) is 0 Å². The van der Waals surface area contributed by atoms with Gasteiger partial charge < -0.3 is 20.2 Å². The highest BCUT2D eigenvalue weighted by atomic mass is 32.1. The Kier molecular flexibility index (Phi) is 3.73. The molecule has 0 atom stereocenters. The number of nitrogens with one attached hydrogen (secondary N) is 1. The van der Waals surface area contributed by atoms with Crippen LogP contribution in [0.3, 0.4) is 0 Å². The van der Waals surface area contributed by atoms with Gasteiger partial charge in [0, 0.05) is 10.3 Å². The zero-order valence-electron chi connectivity index (χ0n) is 13.5. The quantitative estimate of drug-likeness (QED) is 0.749. The number of thiophene rings is 1. The summed E-state index contributed by atoms with van der Waals surface area (Å²) in [6.07, 6.45) is 2.75. The molecule has 0 bridgehead atoms. The fourth-order valence-corrected chi connectivity index (χ4v) is 4.52. The lowest BCUT2D eigenvalue weighted by Gasteiger charge is -2.04. The van der Waals surface area contributed by atoms with Crippen molar-refractivity contribution in [3.63, 3.8) is 0 Å². The molecule has 0 radical (unpaired) electrons. The van der Waals surface area contributed by atoms with E-state index in [-0.39, 0.29) is 5.76 Å². The van der Waals surface area contributed by atoms with E-state index in [1.807, 2.05) is 12.1 Å². The van der Waals surface area contributed by atoms with Crippen LogP contribution in [0, 0.1) is 0 Å². The molecule has 6 nitrogen and oxygen atoms in total. The van der Waals surface area contributed by atoms with Crippen LogP contribution in [0.15, 0.2) is 28.7 Å². The number of nitrogens with two attached hydrogens (primary N) is 1. The molecular weight excluding hydrogens is 340 g/mol. The van der Waals surface area contributed by atoms with E-state index in [1.165, 1.54) is 11.3 Å². The van der Waals surface area contributed by atoms with Gasteiger partial charge in [-0.15, -0.1) is 11.3 Å². The van der Waals surface area contributed by atoms with Crippen LogP contribution in [0.4, 0.5) is 5.00 Å². The first-order chi connectivity index (χ1) is 12.1. The molecule has 3 aromatic rings. The van der Waals surface area contributed by atoms with Crippen molar-refractivity contribution < 1.29 is 18.7 Å². The number of methoxy groups -OCH3 is 1. The number of primary amides is 1. The van der Waals surface area contributed by atoms with E-state index < -0.39 is 11.8 Å². The van der Waals surface area contributed by atoms with Crippen LogP contribution < -0.4 is 15.8 Å². The van der Waals surface area contributed by atoms with Gasteiger partial charge >= 0.3 is 0 Å². The van der Waals surface area contributed by atoms with Crippen molar-refractivity contribution in [3.8, 4) is 5.75 Å². The maximum absolute atomic E-state index is 12.6. The fourth-order valence-electron chi connectivity index (χ4n) is 3.23. The van der Waals surface area contributed by atoms with E-state index in [9.17, 15) is 9.59 Å². The first-order valence-corrected chi connectivity index (χ1v) is 8.72. The molecule has 0 aliphatic heterocycles. The minimum Gasteiger partial charge on any atom is -0.493 e. The first kappa shape index (κ1) is 15.7. The molecule has 2 amide bonds. The summed E-state index contributed by atoms with van der Waals surface area (Å²) in [4.78, 5) is 25.5. The highest BCUT2D eigenvalue weighted by Crippen LogP contribution is 2.39. The van der Waals surface area contributed by atoms with Gasteiger partial charge in [-0.05, 0) is 37.0 Å². The van der Waals surface area contributed by atoms with Gasteiger partial charge in [0.2, 0.25) is 0 Å². The van der Waals surface area contributed by atoms with Crippen LogP contribution in [0.1, 0.15) is 37.8 Å². The summed E-state index contributed by atoms with van der Waals surface area (Å²) in [5, 5.41) is 4.05. The van der Waals surface area contributed by atoms with Gasteiger partial charge in [0.25, 0.3) is 11.8 Å². The van der Waals surface area contributed by atoms with Gasteiger partial charge in [0.15, 0.2) is 17.1 Å². The SMILES string of the molecule is COc1cccc2cc(C(=O)Nc3sc4c(c3C(N)=O)CCC4)oc12. The molecule has 128 valence electrons. The van der Waals surface area contributed by atoms with Gasteiger partial charge in [0.05, 0.1) is 12.7 Å². The first-order valence-electron chi connectivity index (χ1n) is 7.90. The number of amides is 2. The monoisotopic (exact) mass is 356 g/mol. The summed E-state index contributed by atoms with van der Waals surface area (Å²) >= 11 is 1.42. The second kappa shape index (κ2) is 5.93. The predicted octanol–water partition coefficient (Wildman–Crippen LogP) is 3.34. The van der Waals surface area contributed by atoms with Crippen molar-refractivity contribution in [2.45, 2.75) is 19.3 Å². The number of fused-ring (bicyclic) bond motifs is 2. The normalized spacial score (nSPS) is 13.0. The third-order valence-corrected chi connectivity index (χ3v) is 5.55. The highest BCUT2D eigenvalue weighted by Gasteiger charge is 2.27. The zero-order valence-corrected chi connectivity index (χ0v) is 14.4. The maximum atomic E-state index is 12.6. The van der Waals surface area contributed by atoms with Crippen LogP contribution in [0.25, 0.3) is 11.0 Å². The van der Waals surface area contributed by atoms with E-state index in [0.717, 1.165) is 35.1 Å². The lowest BCUT2D eigenvalue weighted by atomic mass is 10.1. The van der Waals surface area contributed by atoms with Crippen molar-refractivity contribution in [2.75, 3.05) is 12.4 Å². The van der Waals surface area contributed by atoms with E-state index in [0.29, 0.717) is 21.9 Å². The van der Waals surface area contributed by atoms with E-state index in [4.69, 9.17) is 14.9 Å². The molecule has 25 heavy (non-hydrogen) atoms. The number of anilines is 1. The minimum atomic E-state index is -0.513. The average Bonchev–Trinajstić information content (AvgIpc) is 3.26. The molecule has 3 N–H and O–H groups in total. The number of carbonyl (C=O) groups is 2. The van der Waals surface area contributed by atoms with Gasteiger partial charge in [-0.3, -0.25) is 9.59 Å². The third-order valence-electron chi connectivity index (χ3n) is 4.35. The molecule has 2 aromatic heterocycles. The molecule has 0 fully saturated rings. The smallest absolute Gasteiger partial charge is 0.292 e. The standard InChI is InChI=1S/C18H16N2O4S/c1-23-11-6-2-4-9-8-12(24-15(9)11)17(22)20-18-14(16(19)21)10-5-3-7-13(10)25-18/h2,4,6,8H,3,5,7H2,1H3,(H2,19,21)(H,20,22). The van der Waals surface area contributed by atoms with Crippen molar-refractivity contribution in [3.05, 3.63) is 46.0 Å². The van der Waals surface area contributed by atoms with Crippen LogP contribution in [-0.2, 0) is 12.8 Å². The second-order valence-electron chi connectivity index (χ2n) is 5.87. The molecule has 1 aliphatic rings. The number of benzene rings is 1. The number of para-hydroxylation sites is 1. The number of aryl methyl sites for hydroxylation is 1. The van der Waals surface area contributed by atoms with Crippen molar-refractivity contribution in [1.82, 2.24) is 0 Å². The van der Waals surface area contributed by atoms with Crippen molar-refractivity contribution in [1.29, 1.82) is 0 Å². The number of hydrogen-bond acceptors (Lipinski definition) is 5. The zero-order chi connectivity index (χ0) is 17.6. The third kappa shape index (κ3) is 2.56. The number of hydrogen-bond donors (Lipinski definition) is 2. The summed E-state index contributed by atoms with van der Waals surface area (Å²) in [7, 11) is 1.54. The van der Waals surface area contributed by atoms with E-state index >= 15 is 0 Å². The summed E-state index contributed by atoms with van der Waals surface area (Å²) in [5.41, 5.74) is 7.44. The Labute approximate surface area is 147 Å². The number of furan rings is 1. The molecule has 4 rings (SSSR count). The Balaban J connectivity index is 1.68. The Bertz CT molecular complexity index is 1000. The van der Waals surface area contributed by atoms with Gasteiger partial charge in [-0.1, -0.05) is 12.1 Å². The Morgan fingerprint density at radius 2 is 2.16 bits per heavy atom. The Morgan fingerprint density at radius 3 is 2.92 bits per heavy atom. The minimum absolute atomic E-state index is 0.156. The second-order valence-corrected chi connectivity index (χ2v) is 6.97. The molecule has 0 spiro atoms. The van der Waals surface area contributed by atoms with Gasteiger partial charge in [-0.2, -0.15) is 0 Å². The van der Waals surface area contributed by atoms with Crippen LogP contribution in [0.5, 0.6) is 5.75 Å². The molecule has 1 aromatic carbocycles. The molecule has 0 unspecified atom stereocenters. The molecule has 0 saturated carbocycles. The van der Waals surface area contributed by atoms with Crippen molar-refractivity contribution in [2.24, 2.45) is 5.73 Å². The summed E-state index contributed by atoms with van der Waals surface area (Å²) in [6, 6.07) is 7.08. The van der Waals surface area contributed by atoms with Crippen molar-refractivity contribution >= 4 is 39.1 Å². The van der Waals surface area contributed by atoms with Crippen LogP contribution in [0.2, 0.25) is 0 Å². The largest absolute Gasteiger partial charge is 0.493 e. The molecule has 2 heterocycles. The van der Waals surface area contributed by atoms with E-state index in [1.54, 1.807) is 19.2 Å². The van der Waals surface area contributed by atoms with Crippen LogP contribution in [-0.4, -0.2) is 18.9 Å². The molecule has 1 aliphatic carbocycles. The molecule has 0 saturated heterocycles. The molecule has 7 heteroatoms. The predicted molar refractivity (Wildman–Crippen MR) is 95.6 cm³/mol. The number of rotatable bonds is 4. The average molecular weight is 356 g/mol. The Hall–Kier alpha value is -2.80. The fraction of sp³-hybridized carbons (Fsp3) is 0.222. The summed E-state index contributed by atoms with van der Waals surface area (Å²) < 4.78 is 10.9. The van der Waals surface area contributed by atoms with E-state index in [2.05, 4.69) is 5.32 Å². The molecular formula is C18H16N2O4S. The Morgan fingerprint density at radius 1 is 1.32 bits per heavy atom. The maximum Gasteiger partial charge on any atom is 0.292 e. The topological polar surface area (TPSA) is 94.6 Å². The summed E-state index contributed by atoms with van der Waals surface area (Å²) in [6.45, 7) is 0. The van der Waals surface area contributed by atoms with Crippen LogP contribution >= 0.6 is 11.3 Å². The lowest BCUT2D eigenvalue weighted by Crippen LogP contribution is -2.17. The number of ether oxygens (including phenoxy) is 1. The lowest BCUT2D eigenvalue weighted by molar-refractivity contribution is 0.0999. The van der Waals surface area contributed by atoms with Gasteiger partial charge in [0.1, 0.15) is 5.00 Å². The number of carbonyl (C=O) groups excluding carboxylic acids is 2.